The number of fused-ring (bicyclic) bond motifs is 2. The average molecular weight is 360 g/mol. The lowest BCUT2D eigenvalue weighted by Crippen LogP contribution is -2.36. The number of likely N-dealkylation sites (N-methyl/N-ethyl adjacent to an activating group) is 1. The summed E-state index contributed by atoms with van der Waals surface area (Å²) in [5.74, 6) is -0.150. The number of hydrogen-bond acceptors (Lipinski definition) is 3. The fourth-order valence-electron chi connectivity index (χ4n) is 3.39. The number of nitrogens with one attached hydrogen (secondary N) is 1. The van der Waals surface area contributed by atoms with Crippen LogP contribution in [0.1, 0.15) is 12.5 Å². The Morgan fingerprint density at radius 3 is 2.89 bits per heavy atom. The molecule has 0 radical (unpaired) electrons. The molecular formula is C21H20N4O2. The van der Waals surface area contributed by atoms with E-state index in [9.17, 15) is 9.59 Å². The number of aryl methyl sites for hydroxylation is 1. The van der Waals surface area contributed by atoms with Gasteiger partial charge in [-0.05, 0) is 49.7 Å². The molecule has 2 aromatic heterocycles. The van der Waals surface area contributed by atoms with E-state index >= 15 is 0 Å². The van der Waals surface area contributed by atoms with Gasteiger partial charge in [0.05, 0.1) is 17.2 Å². The number of amides is 1. The molecule has 2 heterocycles. The summed E-state index contributed by atoms with van der Waals surface area (Å²) in [6.07, 6.45) is 3.33. The molecule has 0 bridgehead atoms. The first-order valence-electron chi connectivity index (χ1n) is 8.90. The van der Waals surface area contributed by atoms with Crippen LogP contribution in [0.15, 0.2) is 59.8 Å². The van der Waals surface area contributed by atoms with Gasteiger partial charge in [0.25, 0.3) is 5.56 Å². The van der Waals surface area contributed by atoms with Crippen LogP contribution in [0.5, 0.6) is 0 Å². The van der Waals surface area contributed by atoms with Gasteiger partial charge in [-0.25, -0.2) is 4.98 Å². The van der Waals surface area contributed by atoms with Crippen LogP contribution < -0.4 is 10.5 Å². The third-order valence-corrected chi connectivity index (χ3v) is 4.83. The molecule has 4 aromatic rings. The van der Waals surface area contributed by atoms with E-state index in [1.165, 1.54) is 10.9 Å². The van der Waals surface area contributed by atoms with Crippen molar-refractivity contribution in [2.45, 2.75) is 20.4 Å². The molecule has 6 nitrogen and oxygen atoms in total. The standard InChI is InChI=1S/C21H20N4O2/c1-3-25(16-7-8-18-15(11-16)9-10-22-18)19(26)12-24-13-23-20-14(2)5-4-6-17(20)21(24)27/h4-11,13,22H,3,12H2,1-2H3. The molecule has 2 aromatic carbocycles. The minimum atomic E-state index is -0.200. The lowest BCUT2D eigenvalue weighted by Gasteiger charge is -2.21. The maximum absolute atomic E-state index is 12.9. The second kappa shape index (κ2) is 6.72. The van der Waals surface area contributed by atoms with Crippen molar-refractivity contribution in [2.75, 3.05) is 11.4 Å². The van der Waals surface area contributed by atoms with Crippen molar-refractivity contribution < 1.29 is 4.79 Å². The van der Waals surface area contributed by atoms with Crippen LogP contribution in [0, 0.1) is 6.92 Å². The largest absolute Gasteiger partial charge is 0.361 e. The van der Waals surface area contributed by atoms with E-state index in [2.05, 4.69) is 9.97 Å². The first-order chi connectivity index (χ1) is 13.1. The first-order valence-corrected chi connectivity index (χ1v) is 8.90. The molecule has 0 saturated heterocycles. The number of para-hydroxylation sites is 1. The van der Waals surface area contributed by atoms with Gasteiger partial charge in [0.1, 0.15) is 6.54 Å². The number of rotatable bonds is 4. The minimum absolute atomic E-state index is 0.0469. The van der Waals surface area contributed by atoms with Gasteiger partial charge in [-0.3, -0.25) is 14.2 Å². The van der Waals surface area contributed by atoms with Crippen molar-refractivity contribution >= 4 is 33.4 Å². The van der Waals surface area contributed by atoms with Gasteiger partial charge in [-0.2, -0.15) is 0 Å². The number of carbonyl (C=O) groups excluding carboxylic acids is 1. The highest BCUT2D eigenvalue weighted by Crippen LogP contribution is 2.21. The summed E-state index contributed by atoms with van der Waals surface area (Å²) in [5.41, 5.74) is 3.25. The summed E-state index contributed by atoms with van der Waals surface area (Å²) in [5, 5.41) is 1.57. The second-order valence-electron chi connectivity index (χ2n) is 6.54. The molecule has 0 aliphatic rings. The number of hydrogen-bond donors (Lipinski definition) is 1. The van der Waals surface area contributed by atoms with Crippen molar-refractivity contribution in [1.29, 1.82) is 0 Å². The van der Waals surface area contributed by atoms with Gasteiger partial charge in [0.2, 0.25) is 5.91 Å². The average Bonchev–Trinajstić information content (AvgIpc) is 3.13. The van der Waals surface area contributed by atoms with Gasteiger partial charge < -0.3 is 9.88 Å². The summed E-state index contributed by atoms with van der Waals surface area (Å²) in [6.45, 7) is 4.31. The maximum atomic E-state index is 12.9. The zero-order valence-electron chi connectivity index (χ0n) is 15.3. The Balaban J connectivity index is 1.66. The van der Waals surface area contributed by atoms with E-state index in [1.54, 1.807) is 11.0 Å². The predicted molar refractivity (Wildman–Crippen MR) is 107 cm³/mol. The fourth-order valence-corrected chi connectivity index (χ4v) is 3.39. The highest BCUT2D eigenvalue weighted by molar-refractivity contribution is 5.96. The Bertz CT molecular complexity index is 1210. The van der Waals surface area contributed by atoms with Gasteiger partial charge in [-0.15, -0.1) is 0 Å². The van der Waals surface area contributed by atoms with Crippen LogP contribution in [0.25, 0.3) is 21.8 Å². The monoisotopic (exact) mass is 360 g/mol. The summed E-state index contributed by atoms with van der Waals surface area (Å²) in [4.78, 5) is 34.9. The normalized spacial score (nSPS) is 11.2. The molecule has 0 spiro atoms. The number of carbonyl (C=O) groups is 1. The fraction of sp³-hybridized carbons (Fsp3) is 0.190. The lowest BCUT2D eigenvalue weighted by molar-refractivity contribution is -0.119. The van der Waals surface area contributed by atoms with Crippen LogP contribution in [-0.4, -0.2) is 27.0 Å². The maximum Gasteiger partial charge on any atom is 0.261 e. The van der Waals surface area contributed by atoms with Crippen molar-refractivity contribution in [3.63, 3.8) is 0 Å². The quantitative estimate of drug-likeness (QED) is 0.607. The van der Waals surface area contributed by atoms with E-state index in [0.29, 0.717) is 17.4 Å². The highest BCUT2D eigenvalue weighted by Gasteiger charge is 2.16. The first kappa shape index (κ1) is 17.0. The van der Waals surface area contributed by atoms with Crippen molar-refractivity contribution in [3.05, 3.63) is 70.9 Å². The Kier molecular flexibility index (Phi) is 4.24. The van der Waals surface area contributed by atoms with Crippen molar-refractivity contribution in [3.8, 4) is 0 Å². The molecule has 4 rings (SSSR count). The summed E-state index contributed by atoms with van der Waals surface area (Å²) in [6, 6.07) is 13.3. The third kappa shape index (κ3) is 2.99. The van der Waals surface area contributed by atoms with E-state index in [4.69, 9.17) is 0 Å². The van der Waals surface area contributed by atoms with E-state index in [1.807, 2.05) is 56.4 Å². The molecule has 0 fully saturated rings. The number of nitrogens with zero attached hydrogens (tertiary/aromatic N) is 3. The summed E-state index contributed by atoms with van der Waals surface area (Å²) < 4.78 is 1.38. The number of anilines is 1. The van der Waals surface area contributed by atoms with E-state index in [-0.39, 0.29) is 18.0 Å². The van der Waals surface area contributed by atoms with Gasteiger partial charge in [0, 0.05) is 29.3 Å². The molecule has 1 amide bonds. The number of aromatic amines is 1. The molecule has 0 atom stereocenters. The molecule has 6 heteroatoms. The van der Waals surface area contributed by atoms with Crippen molar-refractivity contribution in [1.82, 2.24) is 14.5 Å². The zero-order chi connectivity index (χ0) is 19.0. The van der Waals surface area contributed by atoms with Gasteiger partial charge in [0.15, 0.2) is 0 Å². The topological polar surface area (TPSA) is 71.0 Å². The van der Waals surface area contributed by atoms with Crippen molar-refractivity contribution in [2.24, 2.45) is 0 Å². The van der Waals surface area contributed by atoms with E-state index < -0.39 is 0 Å². The van der Waals surface area contributed by atoms with Crippen LogP contribution in [0.3, 0.4) is 0 Å². The molecule has 27 heavy (non-hydrogen) atoms. The van der Waals surface area contributed by atoms with Gasteiger partial charge in [-0.1, -0.05) is 12.1 Å². The Morgan fingerprint density at radius 2 is 2.07 bits per heavy atom. The minimum Gasteiger partial charge on any atom is -0.361 e. The van der Waals surface area contributed by atoms with Crippen LogP contribution >= 0.6 is 0 Å². The van der Waals surface area contributed by atoms with Crippen LogP contribution in [0.4, 0.5) is 5.69 Å². The summed E-state index contributed by atoms with van der Waals surface area (Å²) >= 11 is 0. The molecule has 1 N–H and O–H groups in total. The molecule has 0 unspecified atom stereocenters. The third-order valence-electron chi connectivity index (χ3n) is 4.83. The molecule has 0 aliphatic carbocycles. The Morgan fingerprint density at radius 1 is 1.22 bits per heavy atom. The lowest BCUT2D eigenvalue weighted by atomic mass is 10.1. The molecule has 136 valence electrons. The molecule has 0 saturated carbocycles. The zero-order valence-corrected chi connectivity index (χ0v) is 15.3. The Hall–Kier alpha value is -3.41. The van der Waals surface area contributed by atoms with E-state index in [0.717, 1.165) is 22.2 Å². The van der Waals surface area contributed by atoms with Gasteiger partial charge >= 0.3 is 0 Å². The molecule has 0 aliphatic heterocycles. The second-order valence-corrected chi connectivity index (χ2v) is 6.54. The number of benzene rings is 2. The predicted octanol–water partition coefficient (Wildman–Crippen LogP) is 3.24. The smallest absolute Gasteiger partial charge is 0.261 e. The highest BCUT2D eigenvalue weighted by atomic mass is 16.2. The molecular weight excluding hydrogens is 340 g/mol. The number of H-pyrrole nitrogens is 1. The SMILES string of the molecule is CCN(C(=O)Cn1cnc2c(C)cccc2c1=O)c1ccc2[nH]ccc2c1. The Labute approximate surface area is 156 Å². The number of aromatic nitrogens is 3. The summed E-state index contributed by atoms with van der Waals surface area (Å²) in [7, 11) is 0. The van der Waals surface area contributed by atoms with Crippen LogP contribution in [0.2, 0.25) is 0 Å². The van der Waals surface area contributed by atoms with Crippen LogP contribution in [-0.2, 0) is 11.3 Å².